The van der Waals surface area contributed by atoms with Gasteiger partial charge in [-0.15, -0.1) is 0 Å². The van der Waals surface area contributed by atoms with Gasteiger partial charge >= 0.3 is 7.82 Å². The Kier molecular flexibility index (Phi) is 50.7. The van der Waals surface area contributed by atoms with Crippen LogP contribution >= 0.6 is 7.82 Å². The molecule has 8 nitrogen and oxygen atoms in total. The van der Waals surface area contributed by atoms with Gasteiger partial charge in [-0.05, 0) is 51.4 Å². The van der Waals surface area contributed by atoms with E-state index in [0.29, 0.717) is 17.4 Å². The molecule has 9 heteroatoms. The lowest BCUT2D eigenvalue weighted by molar-refractivity contribution is -0.870. The summed E-state index contributed by atoms with van der Waals surface area (Å²) in [6.07, 6.45) is 66.8. The van der Waals surface area contributed by atoms with E-state index in [1.165, 1.54) is 218 Å². The van der Waals surface area contributed by atoms with E-state index in [-0.39, 0.29) is 19.1 Å². The second-order valence-electron chi connectivity index (χ2n) is 21.7. The highest BCUT2D eigenvalue weighted by Gasteiger charge is 2.27. The molecule has 0 aliphatic rings. The van der Waals surface area contributed by atoms with Crippen LogP contribution in [0.5, 0.6) is 0 Å². The standard InChI is InChI=1S/C60H117N2O6P/c1-6-8-10-12-14-16-18-20-22-24-26-27-28-29-30-31-32-33-34-35-36-37-39-41-43-45-47-49-51-53-59(63)58(57-68-69(65,66)67-56-55-62(3,4)5)61-60(64)54-52-50-48-46-44-42-40-38-25-23-21-19-17-15-13-11-9-7-2/h17,19,23,25,51,53,58-59,63H,6-16,18,20-22,24,26-50,52,54-57H2,1-5H3,(H-,61,64,65,66)/p+1/b19-17-,25-23-,53-51+. The van der Waals surface area contributed by atoms with Gasteiger partial charge < -0.3 is 19.8 Å². The Morgan fingerprint density at radius 1 is 0.493 bits per heavy atom. The summed E-state index contributed by atoms with van der Waals surface area (Å²) in [6, 6.07) is -0.851. The Bertz CT molecular complexity index is 1220. The summed E-state index contributed by atoms with van der Waals surface area (Å²) in [6.45, 7) is 4.83. The summed E-state index contributed by atoms with van der Waals surface area (Å²) in [5, 5.41) is 13.9. The van der Waals surface area contributed by atoms with Crippen molar-refractivity contribution in [3.63, 3.8) is 0 Å². The number of quaternary nitrogens is 1. The number of allylic oxidation sites excluding steroid dienone is 5. The summed E-state index contributed by atoms with van der Waals surface area (Å²) in [4.78, 5) is 23.3. The van der Waals surface area contributed by atoms with Crippen LogP contribution in [0.3, 0.4) is 0 Å². The number of nitrogens with one attached hydrogen (secondary N) is 1. The molecule has 0 fully saturated rings. The Balaban J connectivity index is 4.14. The highest BCUT2D eigenvalue weighted by Crippen LogP contribution is 2.43. The van der Waals surface area contributed by atoms with E-state index in [4.69, 9.17) is 9.05 Å². The lowest BCUT2D eigenvalue weighted by atomic mass is 10.0. The zero-order valence-electron chi connectivity index (χ0n) is 46.6. The van der Waals surface area contributed by atoms with Crippen molar-refractivity contribution in [2.75, 3.05) is 40.9 Å². The number of unbranched alkanes of at least 4 members (excludes halogenated alkanes) is 38. The third-order valence-electron chi connectivity index (χ3n) is 13.6. The predicted molar refractivity (Wildman–Crippen MR) is 300 cm³/mol. The quantitative estimate of drug-likeness (QED) is 0.0243. The Hall–Kier alpha value is -1.28. The number of phosphoric acid groups is 1. The van der Waals surface area contributed by atoms with Crippen LogP contribution in [0, 0.1) is 0 Å². The van der Waals surface area contributed by atoms with Gasteiger partial charge in [0, 0.05) is 6.42 Å². The number of hydrogen-bond donors (Lipinski definition) is 3. The lowest BCUT2D eigenvalue weighted by Gasteiger charge is -2.25. The number of aliphatic hydroxyl groups excluding tert-OH is 1. The first kappa shape index (κ1) is 67.7. The molecule has 0 aliphatic carbocycles. The van der Waals surface area contributed by atoms with E-state index >= 15 is 0 Å². The maximum absolute atomic E-state index is 13.0. The fourth-order valence-corrected chi connectivity index (χ4v) is 9.63. The van der Waals surface area contributed by atoms with Gasteiger partial charge in [0.2, 0.25) is 5.91 Å². The van der Waals surface area contributed by atoms with Crippen LogP contribution in [0.4, 0.5) is 0 Å². The van der Waals surface area contributed by atoms with Gasteiger partial charge in [0.1, 0.15) is 13.2 Å². The largest absolute Gasteiger partial charge is 0.472 e. The number of hydrogen-bond acceptors (Lipinski definition) is 5. The number of carbonyl (C=O) groups is 1. The van der Waals surface area contributed by atoms with Gasteiger partial charge in [-0.3, -0.25) is 13.8 Å². The topological polar surface area (TPSA) is 105 Å². The predicted octanol–water partition coefficient (Wildman–Crippen LogP) is 18.2. The molecule has 0 saturated heterocycles. The zero-order chi connectivity index (χ0) is 50.6. The fourth-order valence-electron chi connectivity index (χ4n) is 8.90. The lowest BCUT2D eigenvalue weighted by Crippen LogP contribution is -2.45. The number of likely N-dealkylation sites (N-methyl/N-ethyl adjacent to an activating group) is 1. The minimum atomic E-state index is -4.35. The summed E-state index contributed by atoms with van der Waals surface area (Å²) < 4.78 is 23.7. The van der Waals surface area contributed by atoms with Crippen molar-refractivity contribution in [3.05, 3.63) is 36.5 Å². The minimum Gasteiger partial charge on any atom is -0.387 e. The molecule has 0 aromatic carbocycles. The van der Waals surface area contributed by atoms with Crippen molar-refractivity contribution in [2.45, 2.75) is 302 Å². The number of aliphatic hydroxyl groups is 1. The van der Waals surface area contributed by atoms with Crippen molar-refractivity contribution in [3.8, 4) is 0 Å². The van der Waals surface area contributed by atoms with Crippen molar-refractivity contribution in [1.29, 1.82) is 0 Å². The molecule has 0 aliphatic heterocycles. The molecule has 0 spiro atoms. The number of carbonyl (C=O) groups excluding carboxylic acids is 1. The van der Waals surface area contributed by atoms with Crippen LogP contribution in [0.1, 0.15) is 290 Å². The molecule has 1 amide bonds. The van der Waals surface area contributed by atoms with E-state index in [9.17, 15) is 19.4 Å². The minimum absolute atomic E-state index is 0.0602. The molecule has 0 rings (SSSR count). The Labute approximate surface area is 429 Å². The first-order valence-corrected chi connectivity index (χ1v) is 31.4. The molecule has 69 heavy (non-hydrogen) atoms. The van der Waals surface area contributed by atoms with Crippen molar-refractivity contribution in [1.82, 2.24) is 5.32 Å². The van der Waals surface area contributed by atoms with Gasteiger partial charge in [-0.2, -0.15) is 0 Å². The summed E-state index contributed by atoms with van der Waals surface area (Å²) in [5.41, 5.74) is 0. The number of amides is 1. The second kappa shape index (κ2) is 51.6. The van der Waals surface area contributed by atoms with Crippen LogP contribution in [-0.2, 0) is 18.4 Å². The molecule has 3 unspecified atom stereocenters. The molecule has 0 bridgehead atoms. The fraction of sp³-hybridized carbons (Fsp3) is 0.883. The van der Waals surface area contributed by atoms with E-state index < -0.39 is 20.0 Å². The molecule has 0 aromatic rings. The monoisotopic (exact) mass is 994 g/mol. The number of nitrogens with zero attached hydrogens (tertiary/aromatic N) is 1. The van der Waals surface area contributed by atoms with Crippen LogP contribution in [0.15, 0.2) is 36.5 Å². The van der Waals surface area contributed by atoms with Gasteiger partial charge in [-0.1, -0.05) is 269 Å². The highest BCUT2D eigenvalue weighted by atomic mass is 31.2. The zero-order valence-corrected chi connectivity index (χ0v) is 47.5. The maximum Gasteiger partial charge on any atom is 0.472 e. The number of rotatable bonds is 55. The third kappa shape index (κ3) is 54.3. The number of phosphoric ester groups is 1. The van der Waals surface area contributed by atoms with Crippen LogP contribution in [-0.4, -0.2) is 73.4 Å². The summed E-state index contributed by atoms with van der Waals surface area (Å²) in [5.74, 6) is -0.182. The van der Waals surface area contributed by atoms with Gasteiger partial charge in [-0.25, -0.2) is 4.57 Å². The first-order chi connectivity index (χ1) is 33.5. The molecular weight excluding hydrogens is 876 g/mol. The first-order valence-electron chi connectivity index (χ1n) is 29.9. The summed E-state index contributed by atoms with van der Waals surface area (Å²) >= 11 is 0. The van der Waals surface area contributed by atoms with E-state index in [1.807, 2.05) is 27.2 Å². The SMILES string of the molecule is CCCCCC/C=C\C/C=C\CCCCCCCCCC(=O)NC(COP(=O)(O)OCC[N+](C)(C)C)C(O)/C=C/CCCCCCCCCCCCCCCCCCCCCCCCCCCCC. The normalized spacial score (nSPS) is 14.1. The van der Waals surface area contributed by atoms with Gasteiger partial charge in [0.15, 0.2) is 0 Å². The van der Waals surface area contributed by atoms with Crippen LogP contribution in [0.2, 0.25) is 0 Å². The van der Waals surface area contributed by atoms with Crippen molar-refractivity contribution < 1.29 is 32.9 Å². The van der Waals surface area contributed by atoms with Gasteiger partial charge in [0.05, 0.1) is 39.9 Å². The van der Waals surface area contributed by atoms with E-state index in [0.717, 1.165) is 51.4 Å². The average molecular weight is 995 g/mol. The Morgan fingerprint density at radius 3 is 1.20 bits per heavy atom. The highest BCUT2D eigenvalue weighted by molar-refractivity contribution is 7.47. The Morgan fingerprint density at radius 2 is 0.826 bits per heavy atom. The maximum atomic E-state index is 13.0. The van der Waals surface area contributed by atoms with Crippen molar-refractivity contribution >= 4 is 13.7 Å². The molecular formula is C60H118N2O6P+. The smallest absolute Gasteiger partial charge is 0.387 e. The molecule has 0 heterocycles. The summed E-state index contributed by atoms with van der Waals surface area (Å²) in [7, 11) is 1.57. The molecule has 3 N–H and O–H groups in total. The third-order valence-corrected chi connectivity index (χ3v) is 14.6. The molecule has 408 valence electrons. The molecule has 0 saturated carbocycles. The van der Waals surface area contributed by atoms with Crippen molar-refractivity contribution in [2.24, 2.45) is 0 Å². The molecule has 0 radical (unpaired) electrons. The van der Waals surface area contributed by atoms with Gasteiger partial charge in [0.25, 0.3) is 0 Å². The van der Waals surface area contributed by atoms with E-state index in [2.05, 4.69) is 43.5 Å². The average Bonchev–Trinajstić information content (AvgIpc) is 3.31. The molecule has 3 atom stereocenters. The second-order valence-corrected chi connectivity index (χ2v) is 23.2. The van der Waals surface area contributed by atoms with E-state index in [1.54, 1.807) is 6.08 Å². The van der Waals surface area contributed by atoms with Crippen LogP contribution < -0.4 is 5.32 Å². The van der Waals surface area contributed by atoms with Crippen LogP contribution in [0.25, 0.3) is 0 Å². The molecule has 0 aromatic heterocycles.